The number of nitro groups is 1. The Labute approximate surface area is 151 Å². The number of nitriles is 1. The molecule has 0 spiro atoms. The van der Waals surface area contributed by atoms with Gasteiger partial charge in [-0.15, -0.1) is 0 Å². The number of hydrogen-bond donors (Lipinski definition) is 1. The lowest BCUT2D eigenvalue weighted by Gasteiger charge is -2.31. The SMILES string of the molecule is CN(C(=O)/C(C#N)=C\Nc1cc([N+](=O)[O-])ccc1Cl)C1CCCCC1. The number of nitrogens with one attached hydrogen (secondary N) is 1. The van der Waals surface area contributed by atoms with Crippen LogP contribution in [0.15, 0.2) is 30.0 Å². The van der Waals surface area contributed by atoms with Gasteiger partial charge in [0.2, 0.25) is 0 Å². The van der Waals surface area contributed by atoms with Crippen LogP contribution in [0.1, 0.15) is 32.1 Å². The maximum atomic E-state index is 12.5. The van der Waals surface area contributed by atoms with Crippen molar-refractivity contribution < 1.29 is 9.72 Å². The van der Waals surface area contributed by atoms with Gasteiger partial charge in [-0.25, -0.2) is 0 Å². The highest BCUT2D eigenvalue weighted by molar-refractivity contribution is 6.33. The fourth-order valence-corrected chi connectivity index (χ4v) is 3.03. The van der Waals surface area contributed by atoms with Crippen LogP contribution < -0.4 is 5.32 Å². The molecule has 1 saturated carbocycles. The Kier molecular flexibility index (Phi) is 6.37. The van der Waals surface area contributed by atoms with Gasteiger partial charge in [-0.05, 0) is 18.9 Å². The van der Waals surface area contributed by atoms with Crippen molar-refractivity contribution >= 4 is 28.9 Å². The Bertz CT molecular complexity index is 736. The number of likely N-dealkylation sites (N-methyl/N-ethyl adjacent to an activating group) is 1. The van der Waals surface area contributed by atoms with Gasteiger partial charge in [0.15, 0.2) is 0 Å². The van der Waals surface area contributed by atoms with Crippen molar-refractivity contribution in [1.29, 1.82) is 5.26 Å². The predicted molar refractivity (Wildman–Crippen MR) is 95.1 cm³/mol. The third-order valence-electron chi connectivity index (χ3n) is 4.33. The molecule has 2 rings (SSSR count). The average Bonchev–Trinajstić information content (AvgIpc) is 2.63. The van der Waals surface area contributed by atoms with Crippen LogP contribution in [-0.4, -0.2) is 28.8 Å². The standard InChI is InChI=1S/C17H19ClN4O3/c1-21(13-5-3-2-4-6-13)17(23)12(10-19)11-20-16-9-14(22(24)25)7-8-15(16)18/h7-9,11,13,20H,2-6H2,1H3/b12-11-. The zero-order chi connectivity index (χ0) is 18.4. The normalized spacial score (nSPS) is 15.3. The number of halogens is 1. The molecule has 25 heavy (non-hydrogen) atoms. The van der Waals surface area contributed by atoms with Crippen LogP contribution in [0.4, 0.5) is 11.4 Å². The molecule has 1 aromatic carbocycles. The van der Waals surface area contributed by atoms with E-state index in [1.807, 2.05) is 6.07 Å². The number of nitro benzene ring substituents is 1. The van der Waals surface area contributed by atoms with Crippen LogP contribution in [0.3, 0.4) is 0 Å². The molecule has 1 N–H and O–H groups in total. The molecule has 1 fully saturated rings. The first-order valence-electron chi connectivity index (χ1n) is 8.02. The molecule has 0 aromatic heterocycles. The topological polar surface area (TPSA) is 99.3 Å². The number of nitrogens with zero attached hydrogens (tertiary/aromatic N) is 3. The molecule has 8 heteroatoms. The van der Waals surface area contributed by atoms with Crippen LogP contribution in [0.25, 0.3) is 0 Å². The van der Waals surface area contributed by atoms with Gasteiger partial charge in [0.05, 0.1) is 15.6 Å². The van der Waals surface area contributed by atoms with Crippen molar-refractivity contribution in [3.05, 3.63) is 45.1 Å². The number of carbonyl (C=O) groups is 1. The van der Waals surface area contributed by atoms with Crippen molar-refractivity contribution in [2.75, 3.05) is 12.4 Å². The molecule has 0 atom stereocenters. The van der Waals surface area contributed by atoms with E-state index in [1.165, 1.54) is 30.8 Å². The number of rotatable bonds is 5. The minimum Gasteiger partial charge on any atom is -0.359 e. The molecule has 1 aliphatic carbocycles. The van der Waals surface area contributed by atoms with Gasteiger partial charge < -0.3 is 10.2 Å². The van der Waals surface area contributed by atoms with E-state index in [1.54, 1.807) is 11.9 Å². The molecular weight excluding hydrogens is 344 g/mol. The maximum absolute atomic E-state index is 12.5. The third-order valence-corrected chi connectivity index (χ3v) is 4.66. The van der Waals surface area contributed by atoms with E-state index < -0.39 is 4.92 Å². The second-order valence-electron chi connectivity index (χ2n) is 5.94. The van der Waals surface area contributed by atoms with Gasteiger partial charge in [-0.1, -0.05) is 30.9 Å². The van der Waals surface area contributed by atoms with Crippen molar-refractivity contribution in [3.63, 3.8) is 0 Å². The van der Waals surface area contributed by atoms with Gasteiger partial charge in [-0.2, -0.15) is 5.26 Å². The molecule has 7 nitrogen and oxygen atoms in total. The van der Waals surface area contributed by atoms with Crippen molar-refractivity contribution in [2.45, 2.75) is 38.1 Å². The summed E-state index contributed by atoms with van der Waals surface area (Å²) in [6, 6.07) is 5.94. The Hall–Kier alpha value is -2.59. The third kappa shape index (κ3) is 4.70. The van der Waals surface area contributed by atoms with E-state index in [4.69, 9.17) is 11.6 Å². The molecule has 1 aromatic rings. The van der Waals surface area contributed by atoms with Gasteiger partial charge in [-0.3, -0.25) is 14.9 Å². The number of anilines is 1. The fourth-order valence-electron chi connectivity index (χ4n) is 2.85. The number of hydrogen-bond acceptors (Lipinski definition) is 5. The summed E-state index contributed by atoms with van der Waals surface area (Å²) in [5.41, 5.74) is 0.0526. The Morgan fingerprint density at radius 1 is 1.44 bits per heavy atom. The predicted octanol–water partition coefficient (Wildman–Crippen LogP) is 3.86. The Morgan fingerprint density at radius 2 is 2.12 bits per heavy atom. The minimum absolute atomic E-state index is 0.0735. The van der Waals surface area contributed by atoms with E-state index in [0.29, 0.717) is 0 Å². The average molecular weight is 363 g/mol. The summed E-state index contributed by atoms with van der Waals surface area (Å²) in [7, 11) is 1.70. The number of carbonyl (C=O) groups excluding carboxylic acids is 1. The highest BCUT2D eigenvalue weighted by Gasteiger charge is 2.24. The van der Waals surface area contributed by atoms with Crippen molar-refractivity contribution in [3.8, 4) is 6.07 Å². The van der Waals surface area contributed by atoms with E-state index >= 15 is 0 Å². The Balaban J connectivity index is 2.14. The summed E-state index contributed by atoms with van der Waals surface area (Å²) >= 11 is 6.00. The monoisotopic (exact) mass is 362 g/mol. The molecule has 1 amide bonds. The number of non-ortho nitro benzene ring substituents is 1. The lowest BCUT2D eigenvalue weighted by atomic mass is 9.94. The van der Waals surface area contributed by atoms with Crippen LogP contribution >= 0.6 is 11.6 Å². The molecule has 0 saturated heterocycles. The van der Waals surface area contributed by atoms with Crippen LogP contribution in [0.5, 0.6) is 0 Å². The zero-order valence-electron chi connectivity index (χ0n) is 13.9. The van der Waals surface area contributed by atoms with Crippen LogP contribution in [0.2, 0.25) is 5.02 Å². The molecule has 1 aliphatic rings. The van der Waals surface area contributed by atoms with E-state index in [9.17, 15) is 20.2 Å². The highest BCUT2D eigenvalue weighted by Crippen LogP contribution is 2.27. The first-order valence-corrected chi connectivity index (χ1v) is 8.39. The lowest BCUT2D eigenvalue weighted by Crippen LogP contribution is -2.39. The highest BCUT2D eigenvalue weighted by atomic mass is 35.5. The van der Waals surface area contributed by atoms with Crippen LogP contribution in [0, 0.1) is 21.4 Å². The van der Waals surface area contributed by atoms with Crippen molar-refractivity contribution in [2.24, 2.45) is 0 Å². The molecular formula is C17H19ClN4O3. The summed E-state index contributed by atoms with van der Waals surface area (Å²) in [4.78, 5) is 24.4. The molecule has 0 radical (unpaired) electrons. The summed E-state index contributed by atoms with van der Waals surface area (Å²) < 4.78 is 0. The van der Waals surface area contributed by atoms with Crippen molar-refractivity contribution in [1.82, 2.24) is 4.90 Å². The van der Waals surface area contributed by atoms with E-state index in [-0.39, 0.29) is 33.9 Å². The first kappa shape index (κ1) is 18.7. The van der Waals surface area contributed by atoms with Gasteiger partial charge >= 0.3 is 0 Å². The second kappa shape index (κ2) is 8.49. The zero-order valence-corrected chi connectivity index (χ0v) is 14.6. The largest absolute Gasteiger partial charge is 0.359 e. The van der Waals surface area contributed by atoms with Crippen LogP contribution in [-0.2, 0) is 4.79 Å². The summed E-state index contributed by atoms with van der Waals surface area (Å²) in [6.45, 7) is 0. The minimum atomic E-state index is -0.543. The van der Waals surface area contributed by atoms with Gasteiger partial charge in [0.25, 0.3) is 11.6 Å². The molecule has 0 heterocycles. The molecule has 0 unspecified atom stereocenters. The summed E-state index contributed by atoms with van der Waals surface area (Å²) in [5, 5.41) is 23.1. The van der Waals surface area contributed by atoms with E-state index in [2.05, 4.69) is 5.32 Å². The quantitative estimate of drug-likeness (QED) is 0.371. The maximum Gasteiger partial charge on any atom is 0.271 e. The fraction of sp³-hybridized carbons (Fsp3) is 0.412. The smallest absolute Gasteiger partial charge is 0.271 e. The number of amides is 1. The van der Waals surface area contributed by atoms with Gasteiger partial charge in [0.1, 0.15) is 11.6 Å². The molecule has 0 bridgehead atoms. The van der Waals surface area contributed by atoms with Gasteiger partial charge in [0, 0.05) is 31.4 Å². The molecule has 0 aliphatic heterocycles. The summed E-state index contributed by atoms with van der Waals surface area (Å²) in [5.74, 6) is -0.372. The Morgan fingerprint density at radius 3 is 2.72 bits per heavy atom. The first-order chi connectivity index (χ1) is 11.9. The lowest BCUT2D eigenvalue weighted by molar-refractivity contribution is -0.384. The second-order valence-corrected chi connectivity index (χ2v) is 6.35. The molecule has 132 valence electrons. The number of benzene rings is 1. The summed E-state index contributed by atoms with van der Waals surface area (Å²) in [6.07, 6.45) is 6.44. The van der Waals surface area contributed by atoms with E-state index in [0.717, 1.165) is 25.7 Å².